The van der Waals surface area contributed by atoms with Gasteiger partial charge in [0.2, 0.25) is 0 Å². The van der Waals surface area contributed by atoms with E-state index in [1.807, 2.05) is 13.8 Å². The number of hydrogen-bond acceptors (Lipinski definition) is 12. The highest BCUT2D eigenvalue weighted by atomic mass is 16.7. The summed E-state index contributed by atoms with van der Waals surface area (Å²) in [6.45, 7) is 6.53. The van der Waals surface area contributed by atoms with E-state index in [0.717, 1.165) is 26.4 Å². The minimum absolute atomic E-state index is 0.0204. The second-order valence-corrected chi connectivity index (χ2v) is 8.85. The number of hydrogen-bond donors (Lipinski definition) is 2. The Bertz CT molecular complexity index is 737. The van der Waals surface area contributed by atoms with E-state index in [4.69, 9.17) is 38.7 Å². The highest BCUT2D eigenvalue weighted by molar-refractivity contribution is 5.75. The number of methoxy groups -OCH3 is 1. The van der Waals surface area contributed by atoms with Gasteiger partial charge in [-0.05, 0) is 25.3 Å². The molecule has 14 heteroatoms. The maximum absolute atomic E-state index is 12.5. The second kappa shape index (κ2) is 19.1. The zero-order valence-electron chi connectivity index (χ0n) is 22.9. The van der Waals surface area contributed by atoms with Crippen LogP contribution in [0.1, 0.15) is 53.4 Å². The van der Waals surface area contributed by atoms with Gasteiger partial charge < -0.3 is 43.4 Å². The molecule has 0 aromatic rings. The highest BCUT2D eigenvalue weighted by Crippen LogP contribution is 2.27. The number of esters is 2. The molecule has 0 amide bonds. The van der Waals surface area contributed by atoms with E-state index >= 15 is 0 Å². The molecule has 0 radical (unpaired) electrons. The Morgan fingerprint density at radius 1 is 1.18 bits per heavy atom. The van der Waals surface area contributed by atoms with Crippen molar-refractivity contribution in [1.29, 1.82) is 0 Å². The average Bonchev–Trinajstić information content (AvgIpc) is 2.90. The molecule has 1 rings (SSSR count). The molecule has 14 nitrogen and oxygen atoms in total. The van der Waals surface area contributed by atoms with Gasteiger partial charge in [-0.2, -0.15) is 0 Å². The predicted molar refractivity (Wildman–Crippen MR) is 133 cm³/mol. The van der Waals surface area contributed by atoms with Gasteiger partial charge in [-0.25, -0.2) is 4.79 Å². The molecule has 1 aliphatic rings. The van der Waals surface area contributed by atoms with Crippen molar-refractivity contribution in [2.24, 2.45) is 5.11 Å². The predicted octanol–water partition coefficient (Wildman–Crippen LogP) is 1.64. The van der Waals surface area contributed by atoms with Gasteiger partial charge in [-0.3, -0.25) is 4.79 Å². The van der Waals surface area contributed by atoms with E-state index in [2.05, 4.69) is 10.0 Å². The number of ether oxygens (including phenoxy) is 7. The fourth-order valence-corrected chi connectivity index (χ4v) is 3.69. The maximum atomic E-state index is 12.5. The summed E-state index contributed by atoms with van der Waals surface area (Å²) in [5.41, 5.74) is 9.04. The van der Waals surface area contributed by atoms with Crippen molar-refractivity contribution in [3.63, 3.8) is 0 Å². The molecule has 0 saturated carbocycles. The van der Waals surface area contributed by atoms with Crippen LogP contribution in [-0.4, -0.2) is 111 Å². The molecule has 0 spiro atoms. The van der Waals surface area contributed by atoms with Gasteiger partial charge in [0, 0.05) is 25.0 Å². The van der Waals surface area contributed by atoms with Gasteiger partial charge in [0.25, 0.3) is 0 Å². The number of unbranched alkanes of at least 4 members (excludes halogenated alkanes) is 2. The third kappa shape index (κ3) is 11.4. The number of carbonyl (C=O) groups excluding carboxylic acids is 2. The Labute approximate surface area is 223 Å². The molecule has 1 aliphatic heterocycles. The molecule has 8 atom stereocenters. The Balaban J connectivity index is 3.18. The van der Waals surface area contributed by atoms with Crippen molar-refractivity contribution >= 4 is 11.9 Å². The molecule has 220 valence electrons. The molecule has 1 heterocycles. The lowest BCUT2D eigenvalue weighted by Crippen LogP contribution is -2.58. The van der Waals surface area contributed by atoms with E-state index in [9.17, 15) is 19.8 Å². The third-order valence-corrected chi connectivity index (χ3v) is 5.87. The Kier molecular flexibility index (Phi) is 17.1. The fraction of sp³-hybridized carbons (Fsp3) is 0.917. The normalized spacial score (nSPS) is 24.5. The van der Waals surface area contributed by atoms with Crippen molar-refractivity contribution < 1.29 is 53.0 Å². The van der Waals surface area contributed by atoms with Gasteiger partial charge in [0.1, 0.15) is 24.9 Å². The molecule has 1 fully saturated rings. The van der Waals surface area contributed by atoms with Crippen molar-refractivity contribution in [3.8, 4) is 0 Å². The summed E-state index contributed by atoms with van der Waals surface area (Å²) in [5.74, 6) is -1.45. The molecule has 2 N–H and O–H groups in total. The monoisotopic (exact) mass is 549 g/mol. The van der Waals surface area contributed by atoms with Gasteiger partial charge in [0.15, 0.2) is 12.4 Å². The number of aliphatic hydroxyl groups is 2. The number of aliphatic hydroxyl groups excluding tert-OH is 2. The van der Waals surface area contributed by atoms with Crippen LogP contribution in [0.2, 0.25) is 0 Å². The standard InChI is InChI=1S/C24H43N3O11/c1-6-8-10-33-15(3)20(30)23(24(31)32-5)38-19(12-28)37-22-18(14-35-16(4)29)36-13-17(26-27-25)21(22)34-11-9-7-2/h15,17-23,28,30H,6-14H2,1-5H3/t15-,17+,18?,19?,20+,21?,22+,23?/m0/s1. The van der Waals surface area contributed by atoms with Crippen LogP contribution in [0, 0.1) is 0 Å². The van der Waals surface area contributed by atoms with Crippen LogP contribution in [0.4, 0.5) is 0 Å². The molecule has 0 aromatic heterocycles. The number of carbonyl (C=O) groups is 2. The number of nitrogens with zero attached hydrogens (tertiary/aromatic N) is 3. The van der Waals surface area contributed by atoms with Gasteiger partial charge in [-0.15, -0.1) is 0 Å². The van der Waals surface area contributed by atoms with E-state index in [0.29, 0.717) is 19.6 Å². The lowest BCUT2D eigenvalue weighted by Gasteiger charge is -2.42. The third-order valence-electron chi connectivity index (χ3n) is 5.87. The van der Waals surface area contributed by atoms with E-state index < -0.39 is 67.5 Å². The van der Waals surface area contributed by atoms with Crippen LogP contribution >= 0.6 is 0 Å². The van der Waals surface area contributed by atoms with Crippen LogP contribution in [0.3, 0.4) is 0 Å². The quantitative estimate of drug-likeness (QED) is 0.0595. The van der Waals surface area contributed by atoms with Gasteiger partial charge in [0.05, 0.1) is 38.6 Å². The average molecular weight is 550 g/mol. The highest BCUT2D eigenvalue weighted by Gasteiger charge is 2.45. The van der Waals surface area contributed by atoms with Gasteiger partial charge >= 0.3 is 11.9 Å². The van der Waals surface area contributed by atoms with E-state index in [-0.39, 0.29) is 13.2 Å². The smallest absolute Gasteiger partial charge is 0.337 e. The van der Waals surface area contributed by atoms with Crippen molar-refractivity contribution in [3.05, 3.63) is 10.4 Å². The molecule has 1 saturated heterocycles. The van der Waals surface area contributed by atoms with Gasteiger partial charge in [-0.1, -0.05) is 31.8 Å². The fourth-order valence-electron chi connectivity index (χ4n) is 3.69. The summed E-state index contributed by atoms with van der Waals surface area (Å²) in [6.07, 6.45) is -4.80. The Morgan fingerprint density at radius 3 is 2.45 bits per heavy atom. The van der Waals surface area contributed by atoms with Crippen LogP contribution in [0.25, 0.3) is 10.4 Å². The number of azide groups is 1. The van der Waals surface area contributed by atoms with E-state index in [1.165, 1.54) is 6.92 Å². The number of rotatable bonds is 19. The molecule has 4 unspecified atom stereocenters. The first-order valence-electron chi connectivity index (χ1n) is 12.9. The zero-order chi connectivity index (χ0) is 28.5. The SMILES string of the molecule is CCCCOC1[C@H](OC(CO)OC(C(=O)OC)[C@H](O)[C@H](C)OCCCC)C(COC(C)=O)OC[C@H]1N=[N+]=[N-]. The summed E-state index contributed by atoms with van der Waals surface area (Å²) < 4.78 is 38.9. The summed E-state index contributed by atoms with van der Waals surface area (Å²) in [4.78, 5) is 26.8. The topological polar surface area (TPSA) is 188 Å². The summed E-state index contributed by atoms with van der Waals surface area (Å²) in [5, 5.41) is 24.6. The lowest BCUT2D eigenvalue weighted by molar-refractivity contribution is -0.280. The van der Waals surface area contributed by atoms with Crippen molar-refractivity contribution in [2.75, 3.05) is 40.1 Å². The molecular formula is C24H43N3O11. The Morgan fingerprint density at radius 2 is 1.87 bits per heavy atom. The molecular weight excluding hydrogens is 506 g/mol. The first kappa shape index (κ1) is 34.0. The molecule has 0 aliphatic carbocycles. The minimum atomic E-state index is -1.56. The minimum Gasteiger partial charge on any atom is -0.467 e. The lowest BCUT2D eigenvalue weighted by atomic mass is 9.98. The summed E-state index contributed by atoms with van der Waals surface area (Å²) in [7, 11) is 1.13. The summed E-state index contributed by atoms with van der Waals surface area (Å²) in [6, 6.07) is -0.788. The molecule has 38 heavy (non-hydrogen) atoms. The molecule has 0 bridgehead atoms. The van der Waals surface area contributed by atoms with Crippen LogP contribution in [0.15, 0.2) is 5.11 Å². The van der Waals surface area contributed by atoms with Crippen molar-refractivity contribution in [1.82, 2.24) is 0 Å². The zero-order valence-corrected chi connectivity index (χ0v) is 22.9. The van der Waals surface area contributed by atoms with Crippen LogP contribution in [-0.2, 0) is 42.7 Å². The largest absolute Gasteiger partial charge is 0.467 e. The second-order valence-electron chi connectivity index (χ2n) is 8.85. The first-order valence-corrected chi connectivity index (χ1v) is 12.9. The maximum Gasteiger partial charge on any atom is 0.337 e. The van der Waals surface area contributed by atoms with Crippen molar-refractivity contribution in [2.45, 2.75) is 102 Å². The first-order chi connectivity index (χ1) is 18.2. The summed E-state index contributed by atoms with van der Waals surface area (Å²) >= 11 is 0. The molecule has 0 aromatic carbocycles. The Hall–Kier alpha value is -2.03. The van der Waals surface area contributed by atoms with E-state index in [1.54, 1.807) is 6.92 Å². The van der Waals surface area contributed by atoms with Crippen LogP contribution < -0.4 is 0 Å². The van der Waals surface area contributed by atoms with Crippen LogP contribution in [0.5, 0.6) is 0 Å².